The van der Waals surface area contributed by atoms with Crippen LogP contribution in [0, 0.1) is 0 Å². The van der Waals surface area contributed by atoms with Crippen molar-refractivity contribution < 1.29 is 38.8 Å². The molecule has 8 heteroatoms. The van der Waals surface area contributed by atoms with Crippen molar-refractivity contribution in [1.82, 2.24) is 0 Å². The summed E-state index contributed by atoms with van der Waals surface area (Å²) in [6.45, 7) is 1.75. The number of hydrogen-bond acceptors (Lipinski definition) is 8. The number of carbonyl (C=O) groups is 3. The molecule has 0 spiro atoms. The summed E-state index contributed by atoms with van der Waals surface area (Å²) in [7, 11) is 1.43. The fourth-order valence-corrected chi connectivity index (χ4v) is 4.73. The lowest BCUT2D eigenvalue weighted by atomic mass is 9.83. The minimum Gasteiger partial charge on any atom is -0.507 e. The number of fused-ring (bicyclic) bond motifs is 2. The summed E-state index contributed by atoms with van der Waals surface area (Å²) in [6.07, 6.45) is 6.33. The number of cyclic esters (lactones) is 1. The van der Waals surface area contributed by atoms with Crippen molar-refractivity contribution in [3.63, 3.8) is 0 Å². The van der Waals surface area contributed by atoms with E-state index in [9.17, 15) is 24.6 Å². The minimum absolute atomic E-state index is 0.00864. The van der Waals surface area contributed by atoms with Crippen molar-refractivity contribution in [2.45, 2.75) is 63.9 Å². The lowest BCUT2D eigenvalue weighted by molar-refractivity contribution is -0.135. The Kier molecular flexibility index (Phi) is 7.62. The van der Waals surface area contributed by atoms with Gasteiger partial charge in [0.2, 0.25) is 0 Å². The molecule has 0 fully saturated rings. The Bertz CT molecular complexity index is 1210. The third-order valence-electron chi connectivity index (χ3n) is 6.58. The molecule has 2 aliphatic rings. The van der Waals surface area contributed by atoms with Gasteiger partial charge in [0, 0.05) is 24.3 Å². The third kappa shape index (κ3) is 5.37. The fraction of sp³-hybridized carbons (Fsp3) is 0.393. The highest BCUT2D eigenvalue weighted by Crippen LogP contribution is 2.48. The molecule has 0 saturated carbocycles. The maximum atomic E-state index is 13.3. The van der Waals surface area contributed by atoms with Crippen LogP contribution in [0.1, 0.15) is 84.8 Å². The van der Waals surface area contributed by atoms with Crippen LogP contribution in [-0.4, -0.2) is 41.1 Å². The summed E-state index contributed by atoms with van der Waals surface area (Å²) in [5.41, 5.74) is 1.19. The topological polar surface area (TPSA) is 119 Å². The van der Waals surface area contributed by atoms with Gasteiger partial charge in [-0.05, 0) is 61.9 Å². The third-order valence-corrected chi connectivity index (χ3v) is 6.58. The number of methoxy groups -OCH3 is 1. The van der Waals surface area contributed by atoms with Crippen molar-refractivity contribution in [1.29, 1.82) is 0 Å². The zero-order chi connectivity index (χ0) is 25.8. The number of ketones is 1. The van der Waals surface area contributed by atoms with Crippen molar-refractivity contribution in [2.75, 3.05) is 7.11 Å². The summed E-state index contributed by atoms with van der Waals surface area (Å²) in [5.74, 6) is -1.67. The first-order chi connectivity index (χ1) is 17.3. The molecule has 2 heterocycles. The normalized spacial score (nSPS) is 21.9. The average molecular weight is 495 g/mol. The van der Waals surface area contributed by atoms with Crippen molar-refractivity contribution in [3.8, 4) is 23.0 Å². The second-order valence-corrected chi connectivity index (χ2v) is 9.20. The molecule has 2 unspecified atom stereocenters. The van der Waals surface area contributed by atoms with Gasteiger partial charge in [-0.15, -0.1) is 0 Å². The molecule has 0 amide bonds. The van der Waals surface area contributed by atoms with E-state index in [1.807, 2.05) is 6.08 Å². The van der Waals surface area contributed by atoms with E-state index in [1.54, 1.807) is 31.2 Å². The molecule has 2 aromatic carbocycles. The summed E-state index contributed by atoms with van der Waals surface area (Å²) in [5, 5.41) is 21.7. The van der Waals surface area contributed by atoms with E-state index in [0.29, 0.717) is 49.7 Å². The highest BCUT2D eigenvalue weighted by molar-refractivity contribution is 5.98. The lowest BCUT2D eigenvalue weighted by Crippen LogP contribution is -2.23. The lowest BCUT2D eigenvalue weighted by Gasteiger charge is -2.28. The summed E-state index contributed by atoms with van der Waals surface area (Å²) in [4.78, 5) is 37.8. The number of carbonyl (C=O) groups excluding carboxylic acids is 3. The molecule has 0 radical (unpaired) electrons. The molecular formula is C28H30O8. The fourth-order valence-electron chi connectivity index (χ4n) is 4.73. The van der Waals surface area contributed by atoms with Crippen LogP contribution in [0.5, 0.6) is 23.0 Å². The quantitative estimate of drug-likeness (QED) is 0.441. The van der Waals surface area contributed by atoms with E-state index in [-0.39, 0.29) is 46.3 Å². The second kappa shape index (κ2) is 10.8. The zero-order valence-electron chi connectivity index (χ0n) is 20.4. The van der Waals surface area contributed by atoms with Gasteiger partial charge in [-0.25, -0.2) is 4.79 Å². The number of phenols is 2. The van der Waals surface area contributed by atoms with E-state index >= 15 is 0 Å². The molecule has 2 atom stereocenters. The number of rotatable bonds is 2. The number of aromatic hydroxyl groups is 2. The van der Waals surface area contributed by atoms with E-state index in [4.69, 9.17) is 14.2 Å². The number of allylic oxidation sites excluding steroid dienone is 1. The van der Waals surface area contributed by atoms with Gasteiger partial charge in [0.25, 0.3) is 0 Å². The molecule has 8 nitrogen and oxygen atoms in total. The van der Waals surface area contributed by atoms with Crippen molar-refractivity contribution in [2.24, 2.45) is 0 Å². The number of esters is 2. The average Bonchev–Trinajstić information content (AvgIpc) is 2.82. The number of hydrogen-bond donors (Lipinski definition) is 2. The molecule has 190 valence electrons. The van der Waals surface area contributed by atoms with Gasteiger partial charge in [-0.2, -0.15) is 0 Å². The monoisotopic (exact) mass is 494 g/mol. The Morgan fingerprint density at radius 3 is 2.58 bits per heavy atom. The molecule has 0 saturated heterocycles. The summed E-state index contributed by atoms with van der Waals surface area (Å²) < 4.78 is 16.2. The largest absolute Gasteiger partial charge is 0.507 e. The van der Waals surface area contributed by atoms with E-state index in [0.717, 1.165) is 0 Å². The number of Topliss-reactive ketones (excluding diaryl/α,β-unsaturated/α-hetero) is 1. The molecule has 2 aromatic rings. The van der Waals surface area contributed by atoms with Crippen LogP contribution in [0.25, 0.3) is 6.08 Å². The van der Waals surface area contributed by atoms with Gasteiger partial charge in [0.1, 0.15) is 22.8 Å². The summed E-state index contributed by atoms with van der Waals surface area (Å²) >= 11 is 0. The van der Waals surface area contributed by atoms with Gasteiger partial charge < -0.3 is 24.4 Å². The van der Waals surface area contributed by atoms with Crippen LogP contribution >= 0.6 is 0 Å². The van der Waals surface area contributed by atoms with Crippen molar-refractivity contribution in [3.05, 3.63) is 52.6 Å². The molecular weight excluding hydrogens is 464 g/mol. The van der Waals surface area contributed by atoms with Gasteiger partial charge in [-0.1, -0.05) is 18.2 Å². The van der Waals surface area contributed by atoms with Crippen LogP contribution in [0.2, 0.25) is 0 Å². The smallest absolute Gasteiger partial charge is 0.342 e. The van der Waals surface area contributed by atoms with Crippen molar-refractivity contribution >= 4 is 23.8 Å². The Morgan fingerprint density at radius 2 is 1.83 bits per heavy atom. The highest BCUT2D eigenvalue weighted by atomic mass is 16.5. The molecule has 2 N–H and O–H groups in total. The molecule has 0 bridgehead atoms. The predicted octanol–water partition coefficient (Wildman–Crippen LogP) is 5.03. The standard InChI is InChI=1S/C28H30O8/c1-16-7-6-10-19(29)9-5-3-4-8-18-14-23-26(27(32)25(18)28(33)35-16)20(15-24(31)36-23)17-11-12-22(34-2)21(30)13-17/h4,8,11-14,16,20,30,32H,3,5-7,9-10,15H2,1-2H3/b8-4+. The van der Waals surface area contributed by atoms with E-state index < -0.39 is 24.0 Å². The molecule has 2 aliphatic heterocycles. The SMILES string of the molecule is COc1ccc(C2CC(=O)Oc3cc4c(c(O)c32)C(=O)OC(C)CCCC(=O)CCC/C=C/4)cc1O. The first-order valence-corrected chi connectivity index (χ1v) is 12.1. The maximum absolute atomic E-state index is 13.3. The van der Waals surface area contributed by atoms with Gasteiger partial charge >= 0.3 is 11.9 Å². The van der Waals surface area contributed by atoms with Gasteiger partial charge in [0.15, 0.2) is 11.5 Å². The van der Waals surface area contributed by atoms with Crippen LogP contribution in [0.3, 0.4) is 0 Å². The zero-order valence-corrected chi connectivity index (χ0v) is 20.4. The first-order valence-electron chi connectivity index (χ1n) is 12.1. The Labute approximate surface area is 209 Å². The number of ether oxygens (including phenoxy) is 3. The van der Waals surface area contributed by atoms with Gasteiger partial charge in [0.05, 0.1) is 19.6 Å². The second-order valence-electron chi connectivity index (χ2n) is 9.20. The Morgan fingerprint density at radius 1 is 1.06 bits per heavy atom. The van der Waals surface area contributed by atoms with Gasteiger partial charge in [-0.3, -0.25) is 9.59 Å². The van der Waals surface area contributed by atoms with Crippen LogP contribution < -0.4 is 9.47 Å². The van der Waals surface area contributed by atoms with E-state index in [1.165, 1.54) is 13.2 Å². The molecule has 0 aromatic heterocycles. The van der Waals surface area contributed by atoms with E-state index in [2.05, 4.69) is 0 Å². The highest BCUT2D eigenvalue weighted by Gasteiger charge is 2.35. The van der Waals surface area contributed by atoms with Crippen LogP contribution in [0.4, 0.5) is 0 Å². The minimum atomic E-state index is -0.695. The Balaban J connectivity index is 1.81. The molecule has 0 aliphatic carbocycles. The molecule has 36 heavy (non-hydrogen) atoms. The molecule has 4 rings (SSSR count). The number of phenolic OH excluding ortho intramolecular Hbond substituents is 2. The maximum Gasteiger partial charge on any atom is 0.342 e. The van der Waals surface area contributed by atoms with Crippen LogP contribution in [-0.2, 0) is 14.3 Å². The van der Waals surface area contributed by atoms with Crippen LogP contribution in [0.15, 0.2) is 30.3 Å². The predicted molar refractivity (Wildman–Crippen MR) is 131 cm³/mol. The first kappa shape index (κ1) is 25.3. The number of benzene rings is 2. The summed E-state index contributed by atoms with van der Waals surface area (Å²) in [6, 6.07) is 6.29. The Hall–Kier alpha value is -3.81.